The van der Waals surface area contributed by atoms with Gasteiger partial charge in [-0.15, -0.1) is 0 Å². The second kappa shape index (κ2) is 3.84. The molecule has 1 N–H and O–H groups in total. The molecular weight excluding hydrogens is 214 g/mol. The van der Waals surface area contributed by atoms with Crippen molar-refractivity contribution in [2.45, 2.75) is 38.2 Å². The number of fused-ring (bicyclic) bond motifs is 2. The lowest BCUT2D eigenvalue weighted by molar-refractivity contribution is -0.161. The molecule has 3 nitrogen and oxygen atoms in total. The summed E-state index contributed by atoms with van der Waals surface area (Å²) in [6.45, 7) is 3.18. The summed E-state index contributed by atoms with van der Waals surface area (Å²) >= 11 is 0. The van der Waals surface area contributed by atoms with Crippen molar-refractivity contribution in [2.75, 3.05) is 13.1 Å². The van der Waals surface area contributed by atoms with Gasteiger partial charge >= 0.3 is 0 Å². The molecule has 3 rings (SSSR count). The molecule has 1 heterocycles. The van der Waals surface area contributed by atoms with Gasteiger partial charge in [-0.05, 0) is 31.1 Å². The van der Waals surface area contributed by atoms with Crippen LogP contribution in [-0.2, 0) is 4.79 Å². The normalized spacial score (nSPS) is 37.3. The van der Waals surface area contributed by atoms with E-state index in [1.54, 1.807) is 0 Å². The fourth-order valence-corrected chi connectivity index (χ4v) is 3.74. The highest BCUT2D eigenvalue weighted by molar-refractivity contribution is 5.81. The number of amides is 1. The quantitative estimate of drug-likeness (QED) is 0.754. The molecule has 0 aromatic rings. The fourth-order valence-electron chi connectivity index (χ4n) is 3.74. The number of β-amino-alcohol motifs (C(OH)–C–C–N with tert-alkyl or cyclic N) is 1. The van der Waals surface area contributed by atoms with E-state index >= 15 is 0 Å². The Hall–Kier alpha value is -0.830. The minimum atomic E-state index is -0.585. The first-order valence-electron chi connectivity index (χ1n) is 6.81. The van der Waals surface area contributed by atoms with E-state index in [1.165, 1.54) is 6.42 Å². The highest BCUT2D eigenvalue weighted by Crippen LogP contribution is 2.45. The third-order valence-electron chi connectivity index (χ3n) is 4.59. The van der Waals surface area contributed by atoms with Crippen LogP contribution in [0.4, 0.5) is 0 Å². The van der Waals surface area contributed by atoms with Crippen LogP contribution in [-0.4, -0.2) is 34.6 Å². The van der Waals surface area contributed by atoms with Crippen molar-refractivity contribution in [3.05, 3.63) is 12.2 Å². The molecule has 3 heteroatoms. The predicted octanol–water partition coefficient (Wildman–Crippen LogP) is 1.57. The third-order valence-corrected chi connectivity index (χ3v) is 4.59. The van der Waals surface area contributed by atoms with Gasteiger partial charge in [0.15, 0.2) is 0 Å². The molecule has 17 heavy (non-hydrogen) atoms. The number of nitrogens with zero attached hydrogens (tertiary/aromatic N) is 1. The van der Waals surface area contributed by atoms with Crippen LogP contribution in [0.3, 0.4) is 0 Å². The van der Waals surface area contributed by atoms with Crippen LogP contribution in [0, 0.1) is 17.8 Å². The van der Waals surface area contributed by atoms with E-state index in [9.17, 15) is 9.90 Å². The maximum Gasteiger partial charge on any atom is 0.226 e. The Morgan fingerprint density at radius 3 is 2.71 bits per heavy atom. The molecule has 2 aliphatic carbocycles. The van der Waals surface area contributed by atoms with Gasteiger partial charge in [-0.25, -0.2) is 0 Å². The number of allylic oxidation sites excluding steroid dienone is 2. The smallest absolute Gasteiger partial charge is 0.226 e. The predicted molar refractivity (Wildman–Crippen MR) is 65.3 cm³/mol. The van der Waals surface area contributed by atoms with E-state index in [1.807, 2.05) is 4.90 Å². The number of carbonyl (C=O) groups is 1. The first-order chi connectivity index (χ1) is 8.11. The molecule has 3 atom stereocenters. The minimum Gasteiger partial charge on any atom is -0.386 e. The van der Waals surface area contributed by atoms with E-state index in [4.69, 9.17) is 0 Å². The average Bonchev–Trinajstić information content (AvgIpc) is 2.86. The molecule has 1 aliphatic heterocycles. The molecule has 0 radical (unpaired) electrons. The first kappa shape index (κ1) is 11.3. The molecule has 1 saturated heterocycles. The van der Waals surface area contributed by atoms with Gasteiger partial charge in [-0.1, -0.05) is 25.5 Å². The second-order valence-electron chi connectivity index (χ2n) is 6.06. The topological polar surface area (TPSA) is 40.5 Å². The number of hydrogen-bond donors (Lipinski definition) is 1. The van der Waals surface area contributed by atoms with E-state index in [2.05, 4.69) is 19.1 Å². The van der Waals surface area contributed by atoms with Gasteiger partial charge in [0.1, 0.15) is 0 Å². The highest BCUT2D eigenvalue weighted by atomic mass is 16.3. The number of hydrogen-bond acceptors (Lipinski definition) is 2. The lowest BCUT2D eigenvalue weighted by Crippen LogP contribution is -2.64. The van der Waals surface area contributed by atoms with Crippen LogP contribution in [0.15, 0.2) is 12.2 Å². The molecule has 2 bridgehead atoms. The van der Waals surface area contributed by atoms with Gasteiger partial charge in [0.2, 0.25) is 5.91 Å². The Balaban J connectivity index is 1.57. The molecule has 0 spiro atoms. The van der Waals surface area contributed by atoms with Crippen LogP contribution < -0.4 is 0 Å². The lowest BCUT2D eigenvalue weighted by atomic mass is 9.85. The molecule has 1 amide bonds. The van der Waals surface area contributed by atoms with Gasteiger partial charge in [0, 0.05) is 5.92 Å². The van der Waals surface area contributed by atoms with Crippen molar-refractivity contribution in [3.63, 3.8) is 0 Å². The maximum atomic E-state index is 12.3. The summed E-state index contributed by atoms with van der Waals surface area (Å²) in [6.07, 6.45) is 8.47. The van der Waals surface area contributed by atoms with Crippen molar-refractivity contribution in [2.24, 2.45) is 17.8 Å². The van der Waals surface area contributed by atoms with Crippen molar-refractivity contribution in [1.82, 2.24) is 4.90 Å². The molecule has 2 fully saturated rings. The Bertz CT molecular complexity index is 357. The van der Waals surface area contributed by atoms with Crippen LogP contribution in [0.1, 0.15) is 32.6 Å². The number of likely N-dealkylation sites (tertiary alicyclic amines) is 1. The molecule has 0 aromatic carbocycles. The molecule has 1 saturated carbocycles. The molecule has 3 aliphatic rings. The fraction of sp³-hybridized carbons (Fsp3) is 0.786. The van der Waals surface area contributed by atoms with Crippen LogP contribution in [0.2, 0.25) is 0 Å². The lowest BCUT2D eigenvalue weighted by Gasteiger charge is -2.47. The standard InChI is InChI=1S/C14H21NO2/c1-2-5-14(17)8-15(9-14)13(16)12-7-10-3-4-11(12)6-10/h3-4,10-12,17H,2,5-9H2,1H3. The van der Waals surface area contributed by atoms with Gasteiger partial charge in [0.25, 0.3) is 0 Å². The van der Waals surface area contributed by atoms with Crippen molar-refractivity contribution < 1.29 is 9.90 Å². The summed E-state index contributed by atoms with van der Waals surface area (Å²) in [4.78, 5) is 14.1. The van der Waals surface area contributed by atoms with Gasteiger partial charge in [0.05, 0.1) is 18.7 Å². The zero-order valence-electron chi connectivity index (χ0n) is 10.4. The van der Waals surface area contributed by atoms with Crippen molar-refractivity contribution in [1.29, 1.82) is 0 Å². The summed E-state index contributed by atoms with van der Waals surface area (Å²) in [5, 5.41) is 10.1. The average molecular weight is 235 g/mol. The number of aliphatic hydroxyl groups is 1. The molecule has 0 aromatic heterocycles. The van der Waals surface area contributed by atoms with E-state index < -0.39 is 5.60 Å². The van der Waals surface area contributed by atoms with Gasteiger partial charge < -0.3 is 10.0 Å². The number of carbonyl (C=O) groups excluding carboxylic acids is 1. The zero-order chi connectivity index (χ0) is 12.0. The van der Waals surface area contributed by atoms with Crippen LogP contribution in [0.25, 0.3) is 0 Å². The Labute approximate surface area is 102 Å². The Kier molecular flexibility index (Phi) is 2.54. The Morgan fingerprint density at radius 2 is 2.18 bits per heavy atom. The molecule has 3 unspecified atom stereocenters. The monoisotopic (exact) mass is 235 g/mol. The second-order valence-corrected chi connectivity index (χ2v) is 6.06. The zero-order valence-corrected chi connectivity index (χ0v) is 10.4. The Morgan fingerprint density at radius 1 is 1.41 bits per heavy atom. The summed E-state index contributed by atoms with van der Waals surface area (Å²) in [7, 11) is 0. The minimum absolute atomic E-state index is 0.205. The number of rotatable bonds is 3. The van der Waals surface area contributed by atoms with E-state index in [-0.39, 0.29) is 11.8 Å². The van der Waals surface area contributed by atoms with Crippen molar-refractivity contribution >= 4 is 5.91 Å². The van der Waals surface area contributed by atoms with E-state index in [0.29, 0.717) is 24.9 Å². The summed E-state index contributed by atoms with van der Waals surface area (Å²) in [5.41, 5.74) is -0.585. The van der Waals surface area contributed by atoms with Crippen molar-refractivity contribution in [3.8, 4) is 0 Å². The van der Waals surface area contributed by atoms with Crippen LogP contribution >= 0.6 is 0 Å². The van der Waals surface area contributed by atoms with Crippen LogP contribution in [0.5, 0.6) is 0 Å². The van der Waals surface area contributed by atoms with E-state index in [0.717, 1.165) is 19.3 Å². The molecule has 94 valence electrons. The SMILES string of the molecule is CCCC1(O)CN(C(=O)C2CC3C=CC2C3)C1. The highest BCUT2D eigenvalue weighted by Gasteiger charge is 2.48. The largest absolute Gasteiger partial charge is 0.386 e. The summed E-state index contributed by atoms with van der Waals surface area (Å²) in [5.74, 6) is 1.61. The van der Waals surface area contributed by atoms with Gasteiger partial charge in [-0.3, -0.25) is 4.79 Å². The first-order valence-corrected chi connectivity index (χ1v) is 6.81. The maximum absolute atomic E-state index is 12.3. The summed E-state index contributed by atoms with van der Waals surface area (Å²) < 4.78 is 0. The summed E-state index contributed by atoms with van der Waals surface area (Å²) in [6, 6.07) is 0. The molecular formula is C14H21NO2. The van der Waals surface area contributed by atoms with Gasteiger partial charge in [-0.2, -0.15) is 0 Å². The third kappa shape index (κ3) is 1.81.